The van der Waals surface area contributed by atoms with Crippen LogP contribution >= 0.6 is 11.8 Å². The molecule has 6 heteroatoms. The van der Waals surface area contributed by atoms with Crippen LogP contribution in [0.1, 0.15) is 30.3 Å². The summed E-state index contributed by atoms with van der Waals surface area (Å²) in [5, 5.41) is 0.344. The molecule has 1 aliphatic heterocycles. The molecular weight excluding hydrogens is 198 g/mol. The molecule has 1 aromatic rings. The van der Waals surface area contributed by atoms with Gasteiger partial charge in [0, 0.05) is 0 Å². The standard InChI is InChI=1S/C8H13N5S/c9-7-11-6(12-8(10)13-7)5-3-1-2-4-14-5/h5H,1-4H2,(H4,9,10,11,12,13). The van der Waals surface area contributed by atoms with Crippen molar-refractivity contribution in [3.63, 3.8) is 0 Å². The van der Waals surface area contributed by atoms with E-state index in [1.165, 1.54) is 12.8 Å². The second-order valence-corrected chi connectivity index (χ2v) is 4.58. The van der Waals surface area contributed by atoms with Crippen LogP contribution in [-0.2, 0) is 0 Å². The first-order chi connectivity index (χ1) is 6.75. The number of hydrogen-bond acceptors (Lipinski definition) is 6. The van der Waals surface area contributed by atoms with Crippen LogP contribution in [0.2, 0.25) is 0 Å². The number of rotatable bonds is 1. The van der Waals surface area contributed by atoms with Gasteiger partial charge < -0.3 is 11.5 Å². The quantitative estimate of drug-likeness (QED) is 0.720. The molecule has 1 fully saturated rings. The summed E-state index contributed by atoms with van der Waals surface area (Å²) in [6, 6.07) is 0. The number of nitrogens with zero attached hydrogens (tertiary/aromatic N) is 3. The highest BCUT2D eigenvalue weighted by Crippen LogP contribution is 2.36. The normalized spacial score (nSPS) is 22.1. The molecule has 2 rings (SSSR count). The predicted octanol–water partition coefficient (Wildman–Crippen LogP) is 0.994. The minimum absolute atomic E-state index is 0.221. The predicted molar refractivity (Wildman–Crippen MR) is 57.7 cm³/mol. The summed E-state index contributed by atoms with van der Waals surface area (Å²) in [7, 11) is 0. The summed E-state index contributed by atoms with van der Waals surface area (Å²) in [5.74, 6) is 2.34. The number of thioether (sulfide) groups is 1. The topological polar surface area (TPSA) is 90.7 Å². The van der Waals surface area contributed by atoms with Crippen LogP contribution in [0, 0.1) is 0 Å². The van der Waals surface area contributed by atoms with Gasteiger partial charge in [0.2, 0.25) is 11.9 Å². The Hall–Kier alpha value is -1.04. The number of aromatic nitrogens is 3. The Balaban J connectivity index is 2.21. The fourth-order valence-corrected chi connectivity index (χ4v) is 2.76. The summed E-state index contributed by atoms with van der Waals surface area (Å²) < 4.78 is 0. The van der Waals surface area contributed by atoms with Crippen molar-refractivity contribution in [3.8, 4) is 0 Å². The second kappa shape index (κ2) is 4.00. The lowest BCUT2D eigenvalue weighted by molar-refractivity contribution is 0.661. The largest absolute Gasteiger partial charge is 0.368 e. The van der Waals surface area contributed by atoms with Crippen LogP contribution in [0.3, 0.4) is 0 Å². The molecule has 1 unspecified atom stereocenters. The zero-order chi connectivity index (χ0) is 9.97. The molecule has 0 amide bonds. The van der Waals surface area contributed by atoms with Crippen molar-refractivity contribution in [1.29, 1.82) is 0 Å². The van der Waals surface area contributed by atoms with Crippen LogP contribution in [0.15, 0.2) is 0 Å². The van der Waals surface area contributed by atoms with Gasteiger partial charge in [0.1, 0.15) is 5.82 Å². The van der Waals surface area contributed by atoms with Crippen molar-refractivity contribution in [2.75, 3.05) is 17.2 Å². The van der Waals surface area contributed by atoms with Gasteiger partial charge in [-0.2, -0.15) is 26.7 Å². The van der Waals surface area contributed by atoms with E-state index in [1.807, 2.05) is 11.8 Å². The minimum atomic E-state index is 0.221. The third-order valence-corrected chi connectivity index (χ3v) is 3.53. The first-order valence-corrected chi connectivity index (χ1v) is 5.69. The fourth-order valence-electron chi connectivity index (χ4n) is 1.52. The van der Waals surface area contributed by atoms with E-state index < -0.39 is 0 Å². The van der Waals surface area contributed by atoms with E-state index in [1.54, 1.807) is 0 Å². The highest BCUT2D eigenvalue weighted by Gasteiger charge is 2.19. The highest BCUT2D eigenvalue weighted by atomic mass is 32.2. The molecule has 0 aromatic carbocycles. The Bertz CT molecular complexity index is 303. The Morgan fingerprint density at radius 3 is 2.36 bits per heavy atom. The molecular formula is C8H13N5S. The third kappa shape index (κ3) is 2.06. The monoisotopic (exact) mass is 211 g/mol. The van der Waals surface area contributed by atoms with Gasteiger partial charge in [0.05, 0.1) is 5.25 Å². The summed E-state index contributed by atoms with van der Waals surface area (Å²) >= 11 is 1.87. The van der Waals surface area contributed by atoms with E-state index in [-0.39, 0.29) is 11.9 Å². The first kappa shape index (κ1) is 9.51. The third-order valence-electron chi connectivity index (χ3n) is 2.15. The Morgan fingerprint density at radius 1 is 1.07 bits per heavy atom. The molecule has 2 heterocycles. The molecule has 5 nitrogen and oxygen atoms in total. The average molecular weight is 211 g/mol. The lowest BCUT2D eigenvalue weighted by Gasteiger charge is -2.19. The van der Waals surface area contributed by atoms with Crippen LogP contribution in [-0.4, -0.2) is 20.7 Å². The first-order valence-electron chi connectivity index (χ1n) is 4.64. The van der Waals surface area contributed by atoms with Crippen LogP contribution in [0.25, 0.3) is 0 Å². The molecule has 1 saturated heterocycles. The molecule has 76 valence electrons. The lowest BCUT2D eigenvalue weighted by Crippen LogP contribution is -2.11. The number of hydrogen-bond donors (Lipinski definition) is 2. The Kier molecular flexibility index (Phi) is 2.72. The molecule has 0 aliphatic carbocycles. The molecule has 0 radical (unpaired) electrons. The second-order valence-electron chi connectivity index (χ2n) is 3.27. The Morgan fingerprint density at radius 2 is 1.79 bits per heavy atom. The zero-order valence-electron chi connectivity index (χ0n) is 7.81. The molecule has 1 atom stereocenters. The fraction of sp³-hybridized carbons (Fsp3) is 0.625. The molecule has 0 spiro atoms. The van der Waals surface area contributed by atoms with E-state index in [2.05, 4.69) is 15.0 Å². The molecule has 0 bridgehead atoms. The molecule has 4 N–H and O–H groups in total. The van der Waals surface area contributed by atoms with Gasteiger partial charge in [0.15, 0.2) is 0 Å². The molecule has 0 saturated carbocycles. The summed E-state index contributed by atoms with van der Waals surface area (Å²) in [4.78, 5) is 12.0. The van der Waals surface area contributed by atoms with Crippen molar-refractivity contribution in [3.05, 3.63) is 5.82 Å². The Labute approximate surface area is 86.7 Å². The highest BCUT2D eigenvalue weighted by molar-refractivity contribution is 7.99. The number of nitrogen functional groups attached to an aromatic ring is 2. The lowest BCUT2D eigenvalue weighted by atomic mass is 10.2. The summed E-state index contributed by atoms with van der Waals surface area (Å²) in [5.41, 5.74) is 11.0. The minimum Gasteiger partial charge on any atom is -0.368 e. The van der Waals surface area contributed by atoms with Gasteiger partial charge in [0.25, 0.3) is 0 Å². The van der Waals surface area contributed by atoms with E-state index in [0.29, 0.717) is 5.25 Å². The van der Waals surface area contributed by atoms with Crippen LogP contribution in [0.4, 0.5) is 11.9 Å². The van der Waals surface area contributed by atoms with E-state index >= 15 is 0 Å². The number of anilines is 2. The molecule has 14 heavy (non-hydrogen) atoms. The van der Waals surface area contributed by atoms with E-state index in [9.17, 15) is 0 Å². The van der Waals surface area contributed by atoms with E-state index in [0.717, 1.165) is 18.0 Å². The maximum absolute atomic E-state index is 5.51. The number of nitrogens with two attached hydrogens (primary N) is 2. The van der Waals surface area contributed by atoms with Crippen molar-refractivity contribution in [1.82, 2.24) is 15.0 Å². The average Bonchev–Trinajstić information content (AvgIpc) is 2.18. The van der Waals surface area contributed by atoms with Gasteiger partial charge in [-0.15, -0.1) is 0 Å². The van der Waals surface area contributed by atoms with Crippen LogP contribution < -0.4 is 11.5 Å². The van der Waals surface area contributed by atoms with Crippen molar-refractivity contribution in [2.24, 2.45) is 0 Å². The summed E-state index contributed by atoms with van der Waals surface area (Å²) in [6.07, 6.45) is 3.61. The van der Waals surface area contributed by atoms with Crippen molar-refractivity contribution >= 4 is 23.7 Å². The maximum atomic E-state index is 5.51. The van der Waals surface area contributed by atoms with Gasteiger partial charge in [-0.05, 0) is 18.6 Å². The SMILES string of the molecule is Nc1nc(N)nc(C2CCCCS2)n1. The molecule has 1 aliphatic rings. The van der Waals surface area contributed by atoms with Gasteiger partial charge in [-0.25, -0.2) is 0 Å². The van der Waals surface area contributed by atoms with Gasteiger partial charge in [-0.1, -0.05) is 6.42 Å². The van der Waals surface area contributed by atoms with Gasteiger partial charge >= 0.3 is 0 Å². The zero-order valence-corrected chi connectivity index (χ0v) is 8.63. The van der Waals surface area contributed by atoms with Crippen molar-refractivity contribution in [2.45, 2.75) is 24.5 Å². The van der Waals surface area contributed by atoms with Crippen LogP contribution in [0.5, 0.6) is 0 Å². The molecule has 1 aromatic heterocycles. The van der Waals surface area contributed by atoms with E-state index in [4.69, 9.17) is 11.5 Å². The maximum Gasteiger partial charge on any atom is 0.225 e. The van der Waals surface area contributed by atoms with Crippen molar-refractivity contribution < 1.29 is 0 Å². The summed E-state index contributed by atoms with van der Waals surface area (Å²) in [6.45, 7) is 0. The van der Waals surface area contributed by atoms with Gasteiger partial charge in [-0.3, -0.25) is 0 Å². The smallest absolute Gasteiger partial charge is 0.225 e.